The van der Waals surface area contributed by atoms with E-state index in [1.54, 1.807) is 7.11 Å². The lowest BCUT2D eigenvalue weighted by Gasteiger charge is -2.35. The quantitative estimate of drug-likeness (QED) is 0.479. The van der Waals surface area contributed by atoms with E-state index in [4.69, 9.17) is 4.74 Å². The van der Waals surface area contributed by atoms with E-state index >= 15 is 0 Å². The van der Waals surface area contributed by atoms with Crippen LogP contribution in [0.1, 0.15) is 29.2 Å². The largest absolute Gasteiger partial charge is 0.497 e. The van der Waals surface area contributed by atoms with Gasteiger partial charge in [-0.1, -0.05) is 70.5 Å². The molecule has 0 aromatic heterocycles. The minimum Gasteiger partial charge on any atom is -0.497 e. The van der Waals surface area contributed by atoms with Crippen LogP contribution in [0.5, 0.6) is 5.75 Å². The topological polar surface area (TPSA) is 29.5 Å². The third kappa shape index (κ3) is 4.43. The van der Waals surface area contributed by atoms with Crippen molar-refractivity contribution >= 4 is 27.3 Å². The Morgan fingerprint density at radius 3 is 2.31 bits per heavy atom. The van der Waals surface area contributed by atoms with Gasteiger partial charge in [0.15, 0.2) is 5.78 Å². The summed E-state index contributed by atoms with van der Waals surface area (Å²) in [6.45, 7) is 0.741. The van der Waals surface area contributed by atoms with Crippen molar-refractivity contribution in [3.63, 3.8) is 0 Å². The molecular formula is C25H22BrNO2. The molecule has 1 aliphatic heterocycles. The average molecular weight is 448 g/mol. The Morgan fingerprint density at radius 1 is 0.966 bits per heavy atom. The fourth-order valence-electron chi connectivity index (χ4n) is 3.68. The van der Waals surface area contributed by atoms with Crippen molar-refractivity contribution in [1.82, 2.24) is 4.90 Å². The minimum absolute atomic E-state index is 0.00666. The van der Waals surface area contributed by atoms with Crippen molar-refractivity contribution in [1.29, 1.82) is 0 Å². The first-order valence-electron chi connectivity index (χ1n) is 9.58. The fraction of sp³-hybridized carbons (Fsp3) is 0.160. The fourth-order valence-corrected chi connectivity index (χ4v) is 3.95. The molecular weight excluding hydrogens is 426 g/mol. The van der Waals surface area contributed by atoms with Crippen LogP contribution >= 0.6 is 15.9 Å². The summed E-state index contributed by atoms with van der Waals surface area (Å²) in [5, 5.41) is 0. The van der Waals surface area contributed by atoms with Gasteiger partial charge in [0.25, 0.3) is 0 Å². The maximum Gasteiger partial charge on any atom is 0.167 e. The Kier molecular flexibility index (Phi) is 5.81. The van der Waals surface area contributed by atoms with Gasteiger partial charge in [0.1, 0.15) is 5.75 Å². The van der Waals surface area contributed by atoms with Gasteiger partial charge in [-0.15, -0.1) is 0 Å². The highest BCUT2D eigenvalue weighted by molar-refractivity contribution is 9.10. The number of ketones is 1. The molecule has 1 atom stereocenters. The summed E-state index contributed by atoms with van der Waals surface area (Å²) < 4.78 is 6.29. The Balaban J connectivity index is 1.72. The van der Waals surface area contributed by atoms with Crippen molar-refractivity contribution in [2.75, 3.05) is 7.11 Å². The molecule has 0 aliphatic carbocycles. The molecule has 146 valence electrons. The van der Waals surface area contributed by atoms with Gasteiger partial charge in [0, 0.05) is 29.2 Å². The number of ether oxygens (including phenoxy) is 1. The number of halogens is 1. The number of rotatable bonds is 5. The van der Waals surface area contributed by atoms with Crippen LogP contribution in [-0.4, -0.2) is 17.8 Å². The second-order valence-electron chi connectivity index (χ2n) is 7.12. The number of Topliss-reactive ketones (excluding diaryl/α,β-unsaturated/α-hetero) is 1. The van der Waals surface area contributed by atoms with E-state index in [-0.39, 0.29) is 11.8 Å². The molecule has 3 aromatic rings. The summed E-state index contributed by atoms with van der Waals surface area (Å²) in [7, 11) is 1.66. The summed E-state index contributed by atoms with van der Waals surface area (Å²) in [6.07, 6.45) is 2.47. The minimum atomic E-state index is -0.00666. The third-order valence-corrected chi connectivity index (χ3v) is 5.77. The normalized spacial score (nSPS) is 16.5. The van der Waals surface area contributed by atoms with E-state index in [2.05, 4.69) is 33.0 Å². The summed E-state index contributed by atoms with van der Waals surface area (Å²) in [4.78, 5) is 15.3. The second kappa shape index (κ2) is 8.66. The zero-order valence-electron chi connectivity index (χ0n) is 16.2. The van der Waals surface area contributed by atoms with Crippen LogP contribution in [0.3, 0.4) is 0 Å². The Bertz CT molecular complexity index is 1010. The second-order valence-corrected chi connectivity index (χ2v) is 8.04. The highest BCUT2D eigenvalue weighted by Crippen LogP contribution is 2.36. The summed E-state index contributed by atoms with van der Waals surface area (Å²) >= 11 is 3.47. The first kappa shape index (κ1) is 19.5. The number of carbonyl (C=O) groups excluding carboxylic acids is 1. The molecule has 3 nitrogen and oxygen atoms in total. The van der Waals surface area contributed by atoms with Crippen molar-refractivity contribution in [2.45, 2.75) is 19.0 Å². The van der Waals surface area contributed by atoms with Crippen molar-refractivity contribution < 1.29 is 9.53 Å². The van der Waals surface area contributed by atoms with Crippen LogP contribution < -0.4 is 4.74 Å². The first-order chi connectivity index (χ1) is 14.1. The number of hydrogen-bond donors (Lipinski definition) is 0. The van der Waals surface area contributed by atoms with Gasteiger partial charge in [0.05, 0.1) is 13.2 Å². The third-order valence-electron chi connectivity index (χ3n) is 5.24. The summed E-state index contributed by atoms with van der Waals surface area (Å²) in [6, 6.07) is 26.3. The molecule has 3 aromatic carbocycles. The molecule has 0 amide bonds. The predicted molar refractivity (Wildman–Crippen MR) is 119 cm³/mol. The Morgan fingerprint density at radius 2 is 1.66 bits per heavy atom. The molecule has 0 saturated heterocycles. The maximum absolute atomic E-state index is 13.1. The number of allylic oxidation sites excluding steroid dienone is 1. The molecule has 0 bridgehead atoms. The van der Waals surface area contributed by atoms with Crippen molar-refractivity contribution in [3.8, 4) is 5.75 Å². The van der Waals surface area contributed by atoms with E-state index in [1.807, 2.05) is 72.9 Å². The zero-order chi connectivity index (χ0) is 20.2. The van der Waals surface area contributed by atoms with E-state index in [1.165, 1.54) is 5.56 Å². The smallest absolute Gasteiger partial charge is 0.167 e. The maximum atomic E-state index is 13.1. The Labute approximate surface area is 179 Å². The predicted octanol–water partition coefficient (Wildman–Crippen LogP) is 6.01. The molecule has 1 heterocycles. The zero-order valence-corrected chi connectivity index (χ0v) is 17.8. The molecule has 0 radical (unpaired) electrons. The highest BCUT2D eigenvalue weighted by Gasteiger charge is 2.29. The van der Waals surface area contributed by atoms with Crippen LogP contribution in [0.2, 0.25) is 0 Å². The number of benzene rings is 3. The highest BCUT2D eigenvalue weighted by atomic mass is 79.9. The molecule has 1 unspecified atom stereocenters. The molecule has 4 rings (SSSR count). The van der Waals surface area contributed by atoms with Gasteiger partial charge >= 0.3 is 0 Å². The van der Waals surface area contributed by atoms with Crippen LogP contribution in [-0.2, 0) is 11.3 Å². The van der Waals surface area contributed by atoms with Crippen LogP contribution in [0.25, 0.3) is 5.57 Å². The van der Waals surface area contributed by atoms with E-state index in [0.717, 1.165) is 33.5 Å². The first-order valence-corrected chi connectivity index (χ1v) is 10.4. The molecule has 0 saturated carbocycles. The average Bonchev–Trinajstić information content (AvgIpc) is 2.76. The number of hydrogen-bond acceptors (Lipinski definition) is 3. The summed E-state index contributed by atoms with van der Waals surface area (Å²) in [5.74, 6) is 0.981. The van der Waals surface area contributed by atoms with E-state index in [9.17, 15) is 4.79 Å². The van der Waals surface area contributed by atoms with Crippen LogP contribution in [0.4, 0.5) is 0 Å². The molecule has 0 spiro atoms. The molecule has 1 aliphatic rings. The van der Waals surface area contributed by atoms with Crippen LogP contribution in [0, 0.1) is 0 Å². The molecule has 29 heavy (non-hydrogen) atoms. The van der Waals surface area contributed by atoms with Crippen LogP contribution in [0.15, 0.2) is 89.5 Å². The van der Waals surface area contributed by atoms with Gasteiger partial charge in [-0.3, -0.25) is 4.79 Å². The number of carbonyl (C=O) groups is 1. The standard InChI is InChI=1S/C25H22BrNO2/c1-29-22-13-9-20(10-14-22)24-15-25(28)23(19-7-11-21(26)12-8-19)17-27(24)16-18-5-3-2-4-6-18/h2-14,17,24H,15-16H2,1H3. The van der Waals surface area contributed by atoms with E-state index < -0.39 is 0 Å². The molecule has 0 N–H and O–H groups in total. The van der Waals surface area contributed by atoms with Crippen molar-refractivity contribution in [3.05, 3.63) is 106 Å². The Hall–Kier alpha value is -2.85. The van der Waals surface area contributed by atoms with Gasteiger partial charge < -0.3 is 9.64 Å². The molecule has 0 fully saturated rings. The van der Waals surface area contributed by atoms with E-state index in [0.29, 0.717) is 6.42 Å². The lowest BCUT2D eigenvalue weighted by atomic mass is 9.90. The van der Waals surface area contributed by atoms with Crippen molar-refractivity contribution in [2.24, 2.45) is 0 Å². The monoisotopic (exact) mass is 447 g/mol. The van der Waals surface area contributed by atoms with Gasteiger partial charge in [-0.2, -0.15) is 0 Å². The van der Waals surface area contributed by atoms with Gasteiger partial charge in [-0.25, -0.2) is 0 Å². The lowest BCUT2D eigenvalue weighted by Crippen LogP contribution is -2.30. The SMILES string of the molecule is COc1ccc(C2CC(=O)C(c3ccc(Br)cc3)=CN2Cc2ccccc2)cc1. The lowest BCUT2D eigenvalue weighted by molar-refractivity contribution is -0.115. The summed E-state index contributed by atoms with van der Waals surface area (Å²) in [5.41, 5.74) is 4.04. The molecule has 4 heteroatoms. The van der Waals surface area contributed by atoms with Gasteiger partial charge in [-0.05, 0) is 41.0 Å². The number of nitrogens with zero attached hydrogens (tertiary/aromatic N) is 1. The van der Waals surface area contributed by atoms with Gasteiger partial charge in [0.2, 0.25) is 0 Å². The number of methoxy groups -OCH3 is 1.